The lowest BCUT2D eigenvalue weighted by atomic mass is 9.98. The molecule has 0 bridgehead atoms. The molecular formula is C15H16BrN3O. The van der Waals surface area contributed by atoms with Gasteiger partial charge in [-0.1, -0.05) is 18.2 Å². The highest BCUT2D eigenvalue weighted by molar-refractivity contribution is 9.10. The Kier molecular flexibility index (Phi) is 4.12. The fraction of sp³-hybridized carbons (Fsp3) is 0.267. The summed E-state index contributed by atoms with van der Waals surface area (Å²) in [5.74, 6) is 5.71. The second kappa shape index (κ2) is 6.01. The van der Waals surface area contributed by atoms with Crippen molar-refractivity contribution in [3.05, 3.63) is 63.4 Å². The molecule has 1 aromatic heterocycles. The van der Waals surface area contributed by atoms with Gasteiger partial charge in [-0.05, 0) is 44.8 Å². The number of hydrogen-bond acceptors (Lipinski definition) is 4. The highest BCUT2D eigenvalue weighted by atomic mass is 79.9. The number of nitrogens with zero attached hydrogens (tertiary/aromatic N) is 1. The van der Waals surface area contributed by atoms with E-state index in [9.17, 15) is 0 Å². The molecule has 2 aromatic rings. The van der Waals surface area contributed by atoms with Gasteiger partial charge < -0.3 is 4.74 Å². The fourth-order valence-electron chi connectivity index (χ4n) is 2.42. The van der Waals surface area contributed by atoms with E-state index in [1.54, 1.807) is 6.20 Å². The Hall–Kier alpha value is -1.27. The number of nitrogens with two attached hydrogens (primary N) is 1. The zero-order valence-electron chi connectivity index (χ0n) is 11.0. The van der Waals surface area contributed by atoms with Gasteiger partial charge in [-0.3, -0.25) is 16.3 Å². The van der Waals surface area contributed by atoms with E-state index in [1.807, 2.05) is 12.1 Å². The normalized spacial score (nSPS) is 15.1. The first kappa shape index (κ1) is 13.7. The summed E-state index contributed by atoms with van der Waals surface area (Å²) in [4.78, 5) is 4.40. The van der Waals surface area contributed by atoms with Crippen molar-refractivity contribution >= 4 is 15.9 Å². The van der Waals surface area contributed by atoms with Crippen LogP contribution in [0.15, 0.2) is 41.0 Å². The van der Waals surface area contributed by atoms with Crippen LogP contribution in [0.3, 0.4) is 0 Å². The molecule has 2 heterocycles. The van der Waals surface area contributed by atoms with Crippen molar-refractivity contribution in [2.45, 2.75) is 25.7 Å². The number of benzene rings is 1. The minimum absolute atomic E-state index is 0.0505. The standard InChI is InChI=1S/C15H16BrN3O/c16-13-3-4-14(18-7-13)6-15(19-17)10-1-2-11-8-20-9-12(11)5-10/h1-5,7,15,19H,6,8-9,17H2. The average Bonchev–Trinajstić information content (AvgIpc) is 2.94. The van der Waals surface area contributed by atoms with Gasteiger partial charge >= 0.3 is 0 Å². The molecule has 0 saturated carbocycles. The van der Waals surface area contributed by atoms with E-state index < -0.39 is 0 Å². The summed E-state index contributed by atoms with van der Waals surface area (Å²) in [5.41, 5.74) is 7.58. The quantitative estimate of drug-likeness (QED) is 0.667. The van der Waals surface area contributed by atoms with E-state index in [2.05, 4.69) is 44.5 Å². The SMILES string of the molecule is NNC(Cc1ccc(Br)cn1)c1ccc2c(c1)COC2. The van der Waals surface area contributed by atoms with Gasteiger partial charge in [0.05, 0.1) is 19.3 Å². The minimum Gasteiger partial charge on any atom is -0.372 e. The molecular weight excluding hydrogens is 318 g/mol. The predicted molar refractivity (Wildman–Crippen MR) is 80.6 cm³/mol. The lowest BCUT2D eigenvalue weighted by Crippen LogP contribution is -2.29. The first-order chi connectivity index (χ1) is 9.76. The third-order valence-corrected chi connectivity index (χ3v) is 4.02. The maximum atomic E-state index is 5.71. The number of halogens is 1. The number of aromatic nitrogens is 1. The molecule has 104 valence electrons. The van der Waals surface area contributed by atoms with Crippen molar-refractivity contribution in [2.75, 3.05) is 0 Å². The molecule has 0 amide bonds. The molecule has 1 aromatic carbocycles. The molecule has 1 unspecified atom stereocenters. The van der Waals surface area contributed by atoms with Crippen molar-refractivity contribution in [1.82, 2.24) is 10.4 Å². The number of nitrogens with one attached hydrogen (secondary N) is 1. The first-order valence-corrected chi connectivity index (χ1v) is 7.31. The number of hydrazine groups is 1. The van der Waals surface area contributed by atoms with Crippen LogP contribution in [0.1, 0.15) is 28.4 Å². The Balaban J connectivity index is 1.81. The number of hydrogen-bond donors (Lipinski definition) is 2. The molecule has 3 N–H and O–H groups in total. The Bertz CT molecular complexity index is 601. The van der Waals surface area contributed by atoms with Crippen LogP contribution >= 0.6 is 15.9 Å². The zero-order valence-corrected chi connectivity index (χ0v) is 12.6. The smallest absolute Gasteiger partial charge is 0.0725 e. The number of ether oxygens (including phenoxy) is 1. The van der Waals surface area contributed by atoms with Crippen LogP contribution < -0.4 is 11.3 Å². The molecule has 5 heteroatoms. The molecule has 1 aliphatic rings. The Morgan fingerprint density at radius 1 is 1.25 bits per heavy atom. The van der Waals surface area contributed by atoms with Gasteiger partial charge in [-0.25, -0.2) is 0 Å². The van der Waals surface area contributed by atoms with Crippen LogP contribution in [0.5, 0.6) is 0 Å². The summed E-state index contributed by atoms with van der Waals surface area (Å²) < 4.78 is 6.43. The molecule has 0 spiro atoms. The van der Waals surface area contributed by atoms with E-state index in [-0.39, 0.29) is 6.04 Å². The van der Waals surface area contributed by atoms with Crippen LogP contribution in [0, 0.1) is 0 Å². The van der Waals surface area contributed by atoms with Gasteiger partial charge in [0, 0.05) is 22.8 Å². The van der Waals surface area contributed by atoms with Crippen molar-refractivity contribution < 1.29 is 4.74 Å². The Morgan fingerprint density at radius 3 is 2.85 bits per heavy atom. The summed E-state index contributed by atoms with van der Waals surface area (Å²) >= 11 is 3.39. The lowest BCUT2D eigenvalue weighted by molar-refractivity contribution is 0.134. The third kappa shape index (κ3) is 2.91. The molecule has 0 fully saturated rings. The average molecular weight is 334 g/mol. The molecule has 20 heavy (non-hydrogen) atoms. The van der Waals surface area contributed by atoms with Gasteiger partial charge in [-0.2, -0.15) is 0 Å². The van der Waals surface area contributed by atoms with Crippen LogP contribution in [0.25, 0.3) is 0 Å². The van der Waals surface area contributed by atoms with Gasteiger partial charge in [0.25, 0.3) is 0 Å². The second-order valence-electron chi connectivity index (χ2n) is 4.91. The zero-order chi connectivity index (χ0) is 13.9. The lowest BCUT2D eigenvalue weighted by Gasteiger charge is -2.17. The second-order valence-corrected chi connectivity index (χ2v) is 5.83. The fourth-order valence-corrected chi connectivity index (χ4v) is 2.65. The Morgan fingerprint density at radius 2 is 2.10 bits per heavy atom. The highest BCUT2D eigenvalue weighted by Crippen LogP contribution is 2.25. The molecule has 0 radical (unpaired) electrons. The van der Waals surface area contributed by atoms with E-state index in [4.69, 9.17) is 10.6 Å². The summed E-state index contributed by atoms with van der Waals surface area (Å²) in [5, 5.41) is 0. The largest absolute Gasteiger partial charge is 0.372 e. The summed E-state index contributed by atoms with van der Waals surface area (Å²) in [6, 6.07) is 10.5. The van der Waals surface area contributed by atoms with Crippen LogP contribution in [-0.2, 0) is 24.4 Å². The maximum absolute atomic E-state index is 5.71. The van der Waals surface area contributed by atoms with Crippen molar-refractivity contribution in [3.63, 3.8) is 0 Å². The number of fused-ring (bicyclic) bond motifs is 1. The monoisotopic (exact) mass is 333 g/mol. The maximum Gasteiger partial charge on any atom is 0.0725 e. The van der Waals surface area contributed by atoms with E-state index >= 15 is 0 Å². The molecule has 0 aliphatic carbocycles. The third-order valence-electron chi connectivity index (χ3n) is 3.55. The van der Waals surface area contributed by atoms with Crippen molar-refractivity contribution in [2.24, 2.45) is 5.84 Å². The molecule has 1 atom stereocenters. The molecule has 4 nitrogen and oxygen atoms in total. The number of pyridine rings is 1. The molecule has 3 rings (SSSR count). The summed E-state index contributed by atoms with van der Waals surface area (Å²) in [6.45, 7) is 1.40. The van der Waals surface area contributed by atoms with E-state index in [1.165, 1.54) is 16.7 Å². The van der Waals surface area contributed by atoms with Crippen molar-refractivity contribution in [3.8, 4) is 0 Å². The van der Waals surface area contributed by atoms with Crippen LogP contribution in [0.4, 0.5) is 0 Å². The van der Waals surface area contributed by atoms with Crippen molar-refractivity contribution in [1.29, 1.82) is 0 Å². The van der Waals surface area contributed by atoms with Gasteiger partial charge in [0.1, 0.15) is 0 Å². The highest BCUT2D eigenvalue weighted by Gasteiger charge is 2.16. The predicted octanol–water partition coefficient (Wildman–Crippen LogP) is 2.62. The van der Waals surface area contributed by atoms with Crippen LogP contribution in [0.2, 0.25) is 0 Å². The summed E-state index contributed by atoms with van der Waals surface area (Å²) in [6.07, 6.45) is 2.56. The van der Waals surface area contributed by atoms with Gasteiger partial charge in [-0.15, -0.1) is 0 Å². The van der Waals surface area contributed by atoms with E-state index in [0.29, 0.717) is 13.2 Å². The first-order valence-electron chi connectivity index (χ1n) is 6.52. The molecule has 0 saturated heterocycles. The van der Waals surface area contributed by atoms with Gasteiger partial charge in [0.2, 0.25) is 0 Å². The van der Waals surface area contributed by atoms with Gasteiger partial charge in [0.15, 0.2) is 0 Å². The number of rotatable bonds is 4. The molecule has 1 aliphatic heterocycles. The Labute approximate surface area is 126 Å². The van der Waals surface area contributed by atoms with Crippen LogP contribution in [-0.4, -0.2) is 4.98 Å². The topological polar surface area (TPSA) is 60.2 Å². The van der Waals surface area contributed by atoms with E-state index in [0.717, 1.165) is 16.6 Å². The minimum atomic E-state index is 0.0505. The summed E-state index contributed by atoms with van der Waals surface area (Å²) in [7, 11) is 0.